The second-order valence-electron chi connectivity index (χ2n) is 8.53. The number of nitrogens with one attached hydrogen (secondary N) is 1. The van der Waals surface area contributed by atoms with Crippen molar-refractivity contribution in [3.63, 3.8) is 0 Å². The van der Waals surface area contributed by atoms with E-state index in [2.05, 4.69) is 5.32 Å². The monoisotopic (exact) mass is 345 g/mol. The smallest absolute Gasteiger partial charge is 0.227 e. The van der Waals surface area contributed by atoms with Crippen molar-refractivity contribution in [3.05, 3.63) is 29.3 Å². The lowest BCUT2D eigenvalue weighted by Crippen LogP contribution is -2.42. The molecule has 0 aromatic heterocycles. The number of amides is 1. The van der Waals surface area contributed by atoms with Crippen LogP contribution in [0.3, 0.4) is 0 Å². The molecule has 2 rings (SSSR count). The molecule has 1 aromatic rings. The number of carbonyl (C=O) groups is 2. The van der Waals surface area contributed by atoms with E-state index in [1.165, 1.54) is 0 Å². The fraction of sp³-hybridized carbons (Fsp3) is 0.619. The fourth-order valence-corrected chi connectivity index (χ4v) is 3.47. The van der Waals surface area contributed by atoms with Crippen molar-refractivity contribution in [2.75, 3.05) is 0 Å². The number of rotatable bonds is 5. The van der Waals surface area contributed by atoms with Crippen molar-refractivity contribution in [2.24, 2.45) is 11.3 Å². The van der Waals surface area contributed by atoms with Gasteiger partial charge in [0.2, 0.25) is 5.91 Å². The zero-order valence-corrected chi connectivity index (χ0v) is 16.4. The molecule has 4 heteroatoms. The Balaban J connectivity index is 2.16. The minimum absolute atomic E-state index is 0.0171. The predicted octanol–water partition coefficient (Wildman–Crippen LogP) is 4.18. The molecule has 1 aromatic carbocycles. The molecule has 1 aliphatic carbocycles. The number of hydrogen-bond donors (Lipinski definition) is 1. The van der Waals surface area contributed by atoms with E-state index < -0.39 is 5.41 Å². The predicted molar refractivity (Wildman–Crippen MR) is 99.5 cm³/mol. The molecule has 0 unspecified atom stereocenters. The van der Waals surface area contributed by atoms with Gasteiger partial charge in [0.15, 0.2) is 0 Å². The molecule has 0 spiro atoms. The van der Waals surface area contributed by atoms with E-state index in [0.717, 1.165) is 16.9 Å². The Morgan fingerprint density at radius 2 is 2.00 bits per heavy atom. The molecule has 1 N–H and O–H groups in total. The average Bonchev–Trinajstić information content (AvgIpc) is 2.89. The molecule has 138 valence electrons. The van der Waals surface area contributed by atoms with E-state index in [4.69, 9.17) is 4.74 Å². The third kappa shape index (κ3) is 4.62. The summed E-state index contributed by atoms with van der Waals surface area (Å²) in [6.45, 7) is 12.5. The SMILES string of the molecule is Cc1ccc(OC(C)(C)C)c(CNC(=O)[C@@]2(C(C)C)CCC(=O)C2)c1. The van der Waals surface area contributed by atoms with Gasteiger partial charge >= 0.3 is 0 Å². The van der Waals surface area contributed by atoms with E-state index in [9.17, 15) is 9.59 Å². The minimum Gasteiger partial charge on any atom is -0.488 e. The van der Waals surface area contributed by atoms with Gasteiger partial charge in [-0.05, 0) is 46.1 Å². The van der Waals surface area contributed by atoms with Crippen molar-refractivity contribution >= 4 is 11.7 Å². The van der Waals surface area contributed by atoms with Crippen LogP contribution in [0.4, 0.5) is 0 Å². The highest BCUT2D eigenvalue weighted by Gasteiger charge is 2.47. The summed E-state index contributed by atoms with van der Waals surface area (Å²) in [6, 6.07) is 6.01. The Kier molecular flexibility index (Phi) is 5.60. The van der Waals surface area contributed by atoms with E-state index >= 15 is 0 Å². The molecule has 4 nitrogen and oxygen atoms in total. The summed E-state index contributed by atoms with van der Waals surface area (Å²) in [5.74, 6) is 1.11. The molecular weight excluding hydrogens is 314 g/mol. The Morgan fingerprint density at radius 3 is 2.52 bits per heavy atom. The molecule has 0 heterocycles. The van der Waals surface area contributed by atoms with Crippen LogP contribution in [0.15, 0.2) is 18.2 Å². The van der Waals surface area contributed by atoms with Crippen molar-refractivity contribution in [1.82, 2.24) is 5.32 Å². The first-order valence-corrected chi connectivity index (χ1v) is 9.12. The minimum atomic E-state index is -0.564. The highest BCUT2D eigenvalue weighted by molar-refractivity contribution is 5.93. The van der Waals surface area contributed by atoms with Crippen LogP contribution in [0.5, 0.6) is 5.75 Å². The molecule has 1 atom stereocenters. The number of ether oxygens (including phenoxy) is 1. The summed E-state index contributed by atoms with van der Waals surface area (Å²) in [4.78, 5) is 24.7. The standard InChI is InChI=1S/C21H31NO3/c1-14(2)21(10-9-17(23)12-21)19(24)22-13-16-11-15(3)7-8-18(16)25-20(4,5)6/h7-8,11,14H,9-10,12-13H2,1-6H3,(H,22,24)/t21-/m0/s1. The Hall–Kier alpha value is -1.84. The third-order valence-electron chi connectivity index (χ3n) is 4.99. The first-order valence-electron chi connectivity index (χ1n) is 9.12. The summed E-state index contributed by atoms with van der Waals surface area (Å²) in [5.41, 5.74) is 1.23. The Bertz CT molecular complexity index is 658. The first kappa shape index (κ1) is 19.5. The molecule has 0 aliphatic heterocycles. The van der Waals surface area contributed by atoms with Crippen LogP contribution in [0.1, 0.15) is 65.0 Å². The number of carbonyl (C=O) groups excluding carboxylic acids is 2. The number of aryl methyl sites for hydroxylation is 1. The average molecular weight is 345 g/mol. The lowest BCUT2D eigenvalue weighted by atomic mass is 9.75. The summed E-state index contributed by atoms with van der Waals surface area (Å²) in [6.07, 6.45) is 1.51. The number of benzene rings is 1. The topological polar surface area (TPSA) is 55.4 Å². The highest BCUT2D eigenvalue weighted by atomic mass is 16.5. The van der Waals surface area contributed by atoms with Crippen molar-refractivity contribution < 1.29 is 14.3 Å². The molecule has 1 fully saturated rings. The summed E-state index contributed by atoms with van der Waals surface area (Å²) in [7, 11) is 0. The Morgan fingerprint density at radius 1 is 1.32 bits per heavy atom. The molecule has 0 saturated heterocycles. The van der Waals surface area contributed by atoms with E-state index in [-0.39, 0.29) is 23.2 Å². The van der Waals surface area contributed by atoms with Crippen LogP contribution in [-0.2, 0) is 16.1 Å². The van der Waals surface area contributed by atoms with Gasteiger partial charge in [0.05, 0.1) is 5.41 Å². The van der Waals surface area contributed by atoms with Gasteiger partial charge in [-0.25, -0.2) is 0 Å². The zero-order chi connectivity index (χ0) is 18.8. The van der Waals surface area contributed by atoms with Crippen LogP contribution in [0.25, 0.3) is 0 Å². The molecule has 0 radical (unpaired) electrons. The van der Waals surface area contributed by atoms with Crippen LogP contribution in [0, 0.1) is 18.3 Å². The maximum atomic E-state index is 12.9. The molecule has 25 heavy (non-hydrogen) atoms. The third-order valence-corrected chi connectivity index (χ3v) is 4.99. The largest absolute Gasteiger partial charge is 0.488 e. The number of Topliss-reactive ketones (excluding diaryl/α,β-unsaturated/α-hetero) is 1. The quantitative estimate of drug-likeness (QED) is 0.871. The molecule has 0 bridgehead atoms. The molecule has 1 aliphatic rings. The fourth-order valence-electron chi connectivity index (χ4n) is 3.47. The van der Waals surface area contributed by atoms with E-state index in [0.29, 0.717) is 25.8 Å². The maximum Gasteiger partial charge on any atom is 0.227 e. The zero-order valence-electron chi connectivity index (χ0n) is 16.4. The van der Waals surface area contributed by atoms with Crippen LogP contribution >= 0.6 is 0 Å². The second kappa shape index (κ2) is 7.19. The second-order valence-corrected chi connectivity index (χ2v) is 8.53. The normalized spacial score (nSPS) is 20.8. The van der Waals surface area contributed by atoms with Gasteiger partial charge in [0.25, 0.3) is 0 Å². The number of hydrogen-bond acceptors (Lipinski definition) is 3. The van der Waals surface area contributed by atoms with Crippen LogP contribution in [-0.4, -0.2) is 17.3 Å². The van der Waals surface area contributed by atoms with Crippen molar-refractivity contribution in [3.8, 4) is 5.75 Å². The summed E-state index contributed by atoms with van der Waals surface area (Å²) >= 11 is 0. The van der Waals surface area contributed by atoms with Crippen LogP contribution in [0.2, 0.25) is 0 Å². The van der Waals surface area contributed by atoms with Gasteiger partial charge in [-0.2, -0.15) is 0 Å². The molecule has 1 saturated carbocycles. The van der Waals surface area contributed by atoms with Gasteiger partial charge in [-0.1, -0.05) is 31.5 Å². The van der Waals surface area contributed by atoms with Gasteiger partial charge in [0.1, 0.15) is 17.1 Å². The lowest BCUT2D eigenvalue weighted by molar-refractivity contribution is -0.135. The van der Waals surface area contributed by atoms with Gasteiger partial charge < -0.3 is 10.1 Å². The summed E-state index contributed by atoms with van der Waals surface area (Å²) < 4.78 is 6.03. The van der Waals surface area contributed by atoms with Crippen LogP contribution < -0.4 is 10.1 Å². The highest BCUT2D eigenvalue weighted by Crippen LogP contribution is 2.42. The van der Waals surface area contributed by atoms with Crippen molar-refractivity contribution in [1.29, 1.82) is 0 Å². The van der Waals surface area contributed by atoms with Gasteiger partial charge in [0, 0.05) is 24.9 Å². The van der Waals surface area contributed by atoms with E-state index in [1.807, 2.05) is 59.7 Å². The molecule has 1 amide bonds. The first-order chi connectivity index (χ1) is 11.5. The number of ketones is 1. The van der Waals surface area contributed by atoms with E-state index in [1.54, 1.807) is 0 Å². The molecular formula is C21H31NO3. The van der Waals surface area contributed by atoms with Crippen molar-refractivity contribution in [2.45, 2.75) is 73.0 Å². The lowest BCUT2D eigenvalue weighted by Gasteiger charge is -2.31. The maximum absolute atomic E-state index is 12.9. The Labute approximate surface area is 151 Å². The summed E-state index contributed by atoms with van der Waals surface area (Å²) in [5, 5.41) is 3.07. The van der Waals surface area contributed by atoms with Gasteiger partial charge in [-0.3, -0.25) is 9.59 Å². The van der Waals surface area contributed by atoms with Gasteiger partial charge in [-0.15, -0.1) is 0 Å².